The fourth-order valence-electron chi connectivity index (χ4n) is 3.17. The number of carboxylic acids is 1. The lowest BCUT2D eigenvalue weighted by Gasteiger charge is -2.14. The van der Waals surface area contributed by atoms with Gasteiger partial charge in [0.25, 0.3) is 0 Å². The molecule has 0 aliphatic heterocycles. The van der Waals surface area contributed by atoms with Gasteiger partial charge in [0.05, 0.1) is 21.1 Å². The van der Waals surface area contributed by atoms with Crippen LogP contribution in [-0.2, 0) is 31.8 Å². The zero-order chi connectivity index (χ0) is 23.0. The zero-order valence-corrected chi connectivity index (χ0v) is 19.1. The van der Waals surface area contributed by atoms with Crippen molar-refractivity contribution in [3.05, 3.63) is 70.4 Å². The Morgan fingerprint density at radius 2 is 1.71 bits per heavy atom. The number of hydrogen-bond donors (Lipinski definition) is 1. The normalized spacial score (nSPS) is 12.1. The highest BCUT2D eigenvalue weighted by Crippen LogP contribution is 2.34. The molecule has 31 heavy (non-hydrogen) atoms. The molecule has 0 aliphatic carbocycles. The minimum Gasteiger partial charge on any atom is -0.478 e. The van der Waals surface area contributed by atoms with Gasteiger partial charge < -0.3 is 5.11 Å². The lowest BCUT2D eigenvalue weighted by atomic mass is 10.1. The maximum Gasteiger partial charge on any atom is 0.335 e. The summed E-state index contributed by atoms with van der Waals surface area (Å²) < 4.78 is 64.2. The number of aryl methyl sites for hydroxylation is 1. The van der Waals surface area contributed by atoms with Crippen molar-refractivity contribution in [2.24, 2.45) is 0 Å². The van der Waals surface area contributed by atoms with Crippen molar-refractivity contribution in [3.63, 3.8) is 0 Å². The Morgan fingerprint density at radius 1 is 1.00 bits per heavy atom. The molecule has 10 heteroatoms. The molecule has 0 amide bonds. The van der Waals surface area contributed by atoms with Gasteiger partial charge in [-0.25, -0.2) is 21.6 Å². The van der Waals surface area contributed by atoms with Gasteiger partial charge in [-0.05, 0) is 59.5 Å². The number of thiophene rings is 1. The monoisotopic (exact) mass is 482 g/mol. The summed E-state index contributed by atoms with van der Waals surface area (Å²) in [7, 11) is -7.66. The second-order valence-corrected chi connectivity index (χ2v) is 11.9. The smallest absolute Gasteiger partial charge is 0.335 e. The Bertz CT molecular complexity index is 1370. The Labute approximate surface area is 183 Å². The molecule has 3 aromatic rings. The van der Waals surface area contributed by atoms with Gasteiger partial charge in [0.15, 0.2) is 24.8 Å². The number of aromatic carboxylic acids is 1. The summed E-state index contributed by atoms with van der Waals surface area (Å²) >= 11 is 0.816. The van der Waals surface area contributed by atoms with Gasteiger partial charge in [-0.3, -0.25) is 0 Å². The zero-order valence-electron chi connectivity index (χ0n) is 16.6. The van der Waals surface area contributed by atoms with Crippen LogP contribution >= 0.6 is 11.3 Å². The number of carbonyl (C=O) groups is 1. The average molecular weight is 483 g/mol. The van der Waals surface area contributed by atoms with Gasteiger partial charge in [-0.15, -0.1) is 11.3 Å². The number of sulfone groups is 2. The van der Waals surface area contributed by atoms with Gasteiger partial charge in [0, 0.05) is 11.1 Å². The molecule has 0 atom stereocenters. The first-order valence-electron chi connectivity index (χ1n) is 9.10. The minimum absolute atomic E-state index is 0.0616. The summed E-state index contributed by atoms with van der Waals surface area (Å²) in [6, 6.07) is 10.7. The van der Waals surface area contributed by atoms with Crippen LogP contribution in [0.5, 0.6) is 0 Å². The molecule has 0 saturated heterocycles. The van der Waals surface area contributed by atoms with E-state index in [-0.39, 0.29) is 20.9 Å². The first-order chi connectivity index (χ1) is 14.4. The Hall–Kier alpha value is -2.56. The molecule has 164 valence electrons. The first kappa shape index (κ1) is 23.1. The van der Waals surface area contributed by atoms with Crippen LogP contribution in [0.2, 0.25) is 0 Å². The fourth-order valence-corrected chi connectivity index (χ4v) is 6.36. The van der Waals surface area contributed by atoms with Gasteiger partial charge >= 0.3 is 5.97 Å². The summed E-state index contributed by atoms with van der Waals surface area (Å²) in [5.41, 5.74) is 0.874. The van der Waals surface area contributed by atoms with Crippen LogP contribution in [-0.4, -0.2) is 34.2 Å². The molecule has 0 fully saturated rings. The lowest BCUT2D eigenvalue weighted by molar-refractivity contribution is 0.0696. The number of carboxylic acid groups (broad SMARTS) is 1. The van der Waals surface area contributed by atoms with Crippen molar-refractivity contribution in [1.29, 1.82) is 0 Å². The third-order valence-electron chi connectivity index (χ3n) is 4.72. The van der Waals surface area contributed by atoms with Crippen molar-refractivity contribution >= 4 is 37.0 Å². The van der Waals surface area contributed by atoms with E-state index in [1.165, 1.54) is 42.5 Å². The van der Waals surface area contributed by atoms with E-state index in [0.717, 1.165) is 23.7 Å². The molecular weight excluding hydrogens is 463 g/mol. The quantitative estimate of drug-likeness (QED) is 0.541. The van der Waals surface area contributed by atoms with E-state index < -0.39 is 36.5 Å². The maximum atomic E-state index is 13.6. The number of benzene rings is 2. The van der Waals surface area contributed by atoms with Crippen LogP contribution in [0.1, 0.15) is 28.4 Å². The molecule has 0 unspecified atom stereocenters. The molecule has 0 aliphatic rings. The van der Waals surface area contributed by atoms with E-state index >= 15 is 0 Å². The van der Waals surface area contributed by atoms with E-state index in [1.807, 2.05) is 0 Å². The van der Waals surface area contributed by atoms with Crippen LogP contribution in [0.25, 0.3) is 10.4 Å². The molecule has 0 saturated carbocycles. The molecule has 3 rings (SSSR count). The van der Waals surface area contributed by atoms with Crippen molar-refractivity contribution in [2.75, 3.05) is 6.26 Å². The van der Waals surface area contributed by atoms with E-state index in [4.69, 9.17) is 0 Å². The minimum atomic E-state index is -4.05. The van der Waals surface area contributed by atoms with Crippen LogP contribution in [0, 0.1) is 5.13 Å². The van der Waals surface area contributed by atoms with Crippen LogP contribution in [0.15, 0.2) is 58.3 Å². The second kappa shape index (κ2) is 8.52. The van der Waals surface area contributed by atoms with Crippen molar-refractivity contribution in [2.45, 2.75) is 28.9 Å². The third-order valence-corrected chi connectivity index (χ3v) is 8.48. The van der Waals surface area contributed by atoms with E-state index in [2.05, 4.69) is 0 Å². The molecule has 1 N–H and O–H groups in total. The van der Waals surface area contributed by atoms with E-state index in [9.17, 15) is 31.1 Å². The van der Waals surface area contributed by atoms with E-state index in [0.29, 0.717) is 22.4 Å². The SMILES string of the molecule is CCc1ccc(C(=O)O)cc1S(=O)(=O)Cc1cc(S(C)(=O)=O)ccc1-c1ccc(F)s1. The largest absolute Gasteiger partial charge is 0.478 e. The first-order valence-corrected chi connectivity index (χ1v) is 13.5. The Morgan fingerprint density at radius 3 is 2.26 bits per heavy atom. The lowest BCUT2D eigenvalue weighted by Crippen LogP contribution is -2.11. The number of rotatable bonds is 7. The van der Waals surface area contributed by atoms with Gasteiger partial charge in [0.1, 0.15) is 0 Å². The molecule has 0 spiro atoms. The van der Waals surface area contributed by atoms with Crippen LogP contribution < -0.4 is 0 Å². The van der Waals surface area contributed by atoms with E-state index in [1.54, 1.807) is 6.92 Å². The van der Waals surface area contributed by atoms with Gasteiger partial charge in [-0.1, -0.05) is 19.1 Å². The summed E-state index contributed by atoms with van der Waals surface area (Å²) in [6.07, 6.45) is 1.37. The maximum absolute atomic E-state index is 13.6. The number of halogens is 1. The predicted molar refractivity (Wildman–Crippen MR) is 116 cm³/mol. The topological polar surface area (TPSA) is 106 Å². The Kier molecular flexibility index (Phi) is 6.35. The van der Waals surface area contributed by atoms with Crippen molar-refractivity contribution < 1.29 is 31.1 Å². The van der Waals surface area contributed by atoms with Crippen molar-refractivity contribution in [3.8, 4) is 10.4 Å². The van der Waals surface area contributed by atoms with Crippen LogP contribution in [0.4, 0.5) is 4.39 Å². The highest BCUT2D eigenvalue weighted by molar-refractivity contribution is 7.91. The molecule has 0 bridgehead atoms. The summed E-state index contributed by atoms with van der Waals surface area (Å²) in [6.45, 7) is 1.75. The predicted octanol–water partition coefficient (Wildman–Crippen LogP) is 4.19. The van der Waals surface area contributed by atoms with Crippen molar-refractivity contribution in [1.82, 2.24) is 0 Å². The third kappa shape index (κ3) is 5.03. The summed E-state index contributed by atoms with van der Waals surface area (Å²) in [4.78, 5) is 11.6. The molecule has 2 aromatic carbocycles. The second-order valence-electron chi connectivity index (χ2n) is 6.94. The fraction of sp³-hybridized carbons (Fsp3) is 0.190. The standard InChI is InChI=1S/C21H19FO6S3/c1-3-13-4-5-14(21(23)24)11-19(13)31(27,28)12-15-10-16(30(2,25)26)6-7-17(15)18-8-9-20(22)29-18/h4-11H,3,12H2,1-2H3,(H,23,24). The average Bonchev–Trinajstić information content (AvgIpc) is 3.12. The summed E-state index contributed by atoms with van der Waals surface area (Å²) in [5.74, 6) is -1.82. The molecule has 6 nitrogen and oxygen atoms in total. The molecule has 0 radical (unpaired) electrons. The highest BCUT2D eigenvalue weighted by atomic mass is 32.2. The summed E-state index contributed by atoms with van der Waals surface area (Å²) in [5, 5.41) is 8.79. The van der Waals surface area contributed by atoms with Gasteiger partial charge in [0.2, 0.25) is 0 Å². The van der Waals surface area contributed by atoms with Gasteiger partial charge in [-0.2, -0.15) is 4.39 Å². The Balaban J connectivity index is 2.18. The highest BCUT2D eigenvalue weighted by Gasteiger charge is 2.24. The molecule has 1 heterocycles. The number of hydrogen-bond acceptors (Lipinski definition) is 6. The molecule has 1 aromatic heterocycles. The van der Waals surface area contributed by atoms with Crippen LogP contribution in [0.3, 0.4) is 0 Å². The molecular formula is C21H19FO6S3.